The highest BCUT2D eigenvalue weighted by Crippen LogP contribution is 2.09. The smallest absolute Gasteiger partial charge is 0.372 e. The molecule has 1 aromatic carbocycles. The van der Waals surface area contributed by atoms with Gasteiger partial charge in [-0.3, -0.25) is 0 Å². The molecule has 0 saturated carbocycles. The summed E-state index contributed by atoms with van der Waals surface area (Å²) in [5, 5.41) is 2.28. The zero-order valence-electron chi connectivity index (χ0n) is 8.51. The van der Waals surface area contributed by atoms with Gasteiger partial charge < -0.3 is 4.74 Å². The Kier molecular flexibility index (Phi) is 2.63. The average molecular weight is 202 g/mol. The van der Waals surface area contributed by atoms with Gasteiger partial charge in [-0.25, -0.2) is 4.79 Å². The van der Waals surface area contributed by atoms with Crippen molar-refractivity contribution in [3.05, 3.63) is 42.7 Å². The van der Waals surface area contributed by atoms with Crippen LogP contribution in [0.1, 0.15) is 0 Å². The normalized spacial score (nSPS) is 10.2. The van der Waals surface area contributed by atoms with Crippen molar-refractivity contribution in [1.29, 1.82) is 0 Å². The molecule has 0 atom stereocenters. The number of pyridine rings is 1. The molecule has 2 aromatic rings. The van der Waals surface area contributed by atoms with Crippen molar-refractivity contribution in [3.8, 4) is 0 Å². The summed E-state index contributed by atoms with van der Waals surface area (Å²) in [5.41, 5.74) is 0. The summed E-state index contributed by atoms with van der Waals surface area (Å²) in [6.07, 6.45) is 3.81. The van der Waals surface area contributed by atoms with Crippen LogP contribution in [0.4, 0.5) is 0 Å². The molecule has 76 valence electrons. The summed E-state index contributed by atoms with van der Waals surface area (Å²) < 4.78 is 6.42. The van der Waals surface area contributed by atoms with Crippen LogP contribution in [0.25, 0.3) is 10.8 Å². The second kappa shape index (κ2) is 4.09. The molecule has 1 aromatic heterocycles. The Morgan fingerprint density at radius 2 is 2.00 bits per heavy atom. The van der Waals surface area contributed by atoms with Gasteiger partial charge in [0.15, 0.2) is 12.4 Å². The Labute approximate surface area is 87.9 Å². The first kappa shape index (κ1) is 9.65. The topological polar surface area (TPSA) is 30.2 Å². The van der Waals surface area contributed by atoms with Crippen LogP contribution in [0.3, 0.4) is 0 Å². The van der Waals surface area contributed by atoms with Crippen LogP contribution in [0, 0.1) is 0 Å². The summed E-state index contributed by atoms with van der Waals surface area (Å²) in [5.74, 6) is -0.240. The number of ether oxygens (including phenoxy) is 1. The number of rotatable bonds is 2. The highest BCUT2D eigenvalue weighted by atomic mass is 16.5. The fourth-order valence-electron chi connectivity index (χ4n) is 1.49. The highest BCUT2D eigenvalue weighted by molar-refractivity contribution is 5.80. The van der Waals surface area contributed by atoms with E-state index in [-0.39, 0.29) is 12.5 Å². The van der Waals surface area contributed by atoms with Crippen LogP contribution in [-0.2, 0) is 16.1 Å². The highest BCUT2D eigenvalue weighted by Gasteiger charge is 2.09. The molecule has 3 nitrogen and oxygen atoms in total. The Balaban J connectivity index is 2.34. The first-order valence-corrected chi connectivity index (χ1v) is 4.74. The molecule has 0 bridgehead atoms. The minimum Gasteiger partial charge on any atom is -0.464 e. The SMILES string of the molecule is COC(=O)C[n+]1ccc2ccccc2c1. The fourth-order valence-corrected chi connectivity index (χ4v) is 1.49. The van der Waals surface area contributed by atoms with E-state index in [1.807, 2.05) is 47.3 Å². The van der Waals surface area contributed by atoms with Gasteiger partial charge in [-0.1, -0.05) is 18.2 Å². The Hall–Kier alpha value is -1.90. The number of fused-ring (bicyclic) bond motifs is 1. The number of carbonyl (C=O) groups is 1. The number of carbonyl (C=O) groups excluding carboxylic acids is 1. The van der Waals surface area contributed by atoms with Gasteiger partial charge in [0.1, 0.15) is 0 Å². The van der Waals surface area contributed by atoms with Gasteiger partial charge in [-0.15, -0.1) is 0 Å². The summed E-state index contributed by atoms with van der Waals surface area (Å²) in [6, 6.07) is 10.0. The first-order valence-electron chi connectivity index (χ1n) is 4.74. The minimum atomic E-state index is -0.240. The fraction of sp³-hybridized carbons (Fsp3) is 0.167. The molecule has 0 unspecified atom stereocenters. The van der Waals surface area contributed by atoms with Crippen molar-refractivity contribution in [3.63, 3.8) is 0 Å². The number of aromatic nitrogens is 1. The zero-order chi connectivity index (χ0) is 10.7. The summed E-state index contributed by atoms with van der Waals surface area (Å²) in [4.78, 5) is 11.1. The van der Waals surface area contributed by atoms with E-state index < -0.39 is 0 Å². The monoisotopic (exact) mass is 202 g/mol. The van der Waals surface area contributed by atoms with E-state index >= 15 is 0 Å². The van der Waals surface area contributed by atoms with E-state index in [0.717, 1.165) is 5.39 Å². The summed E-state index contributed by atoms with van der Waals surface area (Å²) in [7, 11) is 1.39. The number of esters is 1. The summed E-state index contributed by atoms with van der Waals surface area (Å²) in [6.45, 7) is 0.251. The van der Waals surface area contributed by atoms with Crippen LogP contribution >= 0.6 is 0 Å². The van der Waals surface area contributed by atoms with E-state index in [0.29, 0.717) is 0 Å². The van der Waals surface area contributed by atoms with Gasteiger partial charge in [-0.2, -0.15) is 4.57 Å². The molecule has 0 fully saturated rings. The molecule has 0 aliphatic heterocycles. The number of hydrogen-bond acceptors (Lipinski definition) is 2. The first-order chi connectivity index (χ1) is 7.29. The molecule has 0 aliphatic carbocycles. The Morgan fingerprint density at radius 3 is 2.73 bits per heavy atom. The lowest BCUT2D eigenvalue weighted by Gasteiger charge is -1.97. The van der Waals surface area contributed by atoms with Gasteiger partial charge in [0.2, 0.25) is 6.54 Å². The van der Waals surface area contributed by atoms with Crippen molar-refractivity contribution in [2.45, 2.75) is 6.54 Å². The molecular weight excluding hydrogens is 190 g/mol. The third-order valence-corrected chi connectivity index (χ3v) is 2.29. The van der Waals surface area contributed by atoms with E-state index in [1.165, 1.54) is 12.5 Å². The van der Waals surface area contributed by atoms with Crippen molar-refractivity contribution < 1.29 is 14.1 Å². The molecule has 0 radical (unpaired) electrons. The molecular formula is C12H12NO2+. The molecule has 1 heterocycles. The van der Waals surface area contributed by atoms with Crippen LogP contribution in [0.15, 0.2) is 42.7 Å². The zero-order valence-corrected chi connectivity index (χ0v) is 8.51. The second-order valence-electron chi connectivity index (χ2n) is 3.32. The van der Waals surface area contributed by atoms with E-state index in [4.69, 9.17) is 0 Å². The van der Waals surface area contributed by atoms with E-state index in [2.05, 4.69) is 4.74 Å². The van der Waals surface area contributed by atoms with Gasteiger partial charge in [-0.05, 0) is 11.5 Å². The second-order valence-corrected chi connectivity index (χ2v) is 3.32. The minimum absolute atomic E-state index is 0.240. The lowest BCUT2D eigenvalue weighted by Crippen LogP contribution is -2.37. The molecule has 2 rings (SSSR count). The summed E-state index contributed by atoms with van der Waals surface area (Å²) >= 11 is 0. The predicted octanol–water partition coefficient (Wildman–Crippen LogP) is 1.30. The Bertz CT molecular complexity index is 494. The molecule has 3 heteroatoms. The van der Waals surface area contributed by atoms with Crippen LogP contribution in [0.5, 0.6) is 0 Å². The van der Waals surface area contributed by atoms with Crippen molar-refractivity contribution in [2.75, 3.05) is 7.11 Å². The average Bonchev–Trinajstić information content (AvgIpc) is 2.29. The maximum absolute atomic E-state index is 11.1. The van der Waals surface area contributed by atoms with Gasteiger partial charge >= 0.3 is 5.97 Å². The third-order valence-electron chi connectivity index (χ3n) is 2.29. The molecule has 0 saturated heterocycles. The maximum Gasteiger partial charge on any atom is 0.372 e. The van der Waals surface area contributed by atoms with Gasteiger partial charge in [0.05, 0.1) is 7.11 Å². The lowest BCUT2D eigenvalue weighted by atomic mass is 10.2. The van der Waals surface area contributed by atoms with Gasteiger partial charge in [0, 0.05) is 11.5 Å². The molecule has 0 spiro atoms. The van der Waals surface area contributed by atoms with E-state index in [1.54, 1.807) is 0 Å². The number of methoxy groups -OCH3 is 1. The van der Waals surface area contributed by atoms with E-state index in [9.17, 15) is 4.79 Å². The third kappa shape index (κ3) is 2.13. The molecule has 15 heavy (non-hydrogen) atoms. The quantitative estimate of drug-likeness (QED) is 0.542. The van der Waals surface area contributed by atoms with Crippen LogP contribution < -0.4 is 4.57 Å². The number of hydrogen-bond donors (Lipinski definition) is 0. The van der Waals surface area contributed by atoms with Crippen molar-refractivity contribution in [2.24, 2.45) is 0 Å². The molecule has 0 N–H and O–H groups in total. The number of nitrogens with zero attached hydrogens (tertiary/aromatic N) is 1. The maximum atomic E-state index is 11.1. The Morgan fingerprint density at radius 1 is 1.27 bits per heavy atom. The van der Waals surface area contributed by atoms with Crippen molar-refractivity contribution in [1.82, 2.24) is 0 Å². The standard InChI is InChI=1S/C12H12NO2/c1-15-12(14)9-13-7-6-10-4-2-3-5-11(10)8-13/h2-8H,9H2,1H3/q+1. The molecule has 0 aliphatic rings. The largest absolute Gasteiger partial charge is 0.464 e. The molecule has 0 amide bonds. The lowest BCUT2D eigenvalue weighted by molar-refractivity contribution is -0.684. The van der Waals surface area contributed by atoms with Crippen molar-refractivity contribution >= 4 is 16.7 Å². The van der Waals surface area contributed by atoms with Gasteiger partial charge in [0.25, 0.3) is 0 Å². The number of benzene rings is 1. The van der Waals surface area contributed by atoms with Crippen LogP contribution in [-0.4, -0.2) is 13.1 Å². The van der Waals surface area contributed by atoms with Crippen LogP contribution in [0.2, 0.25) is 0 Å². The predicted molar refractivity (Wildman–Crippen MR) is 56.2 cm³/mol.